The number of hydrogen-bond acceptors (Lipinski definition) is 7. The van der Waals surface area contributed by atoms with Crippen molar-refractivity contribution in [3.8, 4) is 11.3 Å². The zero-order valence-corrected chi connectivity index (χ0v) is 24.1. The molecule has 39 heavy (non-hydrogen) atoms. The molecule has 0 spiro atoms. The summed E-state index contributed by atoms with van der Waals surface area (Å²) in [5.74, 6) is 0.0884. The van der Waals surface area contributed by atoms with E-state index in [-0.39, 0.29) is 23.6 Å². The normalized spacial score (nSPS) is 19.6. The van der Waals surface area contributed by atoms with Gasteiger partial charge in [-0.2, -0.15) is 0 Å². The first-order valence-corrected chi connectivity index (χ1v) is 15.2. The Labute approximate surface area is 235 Å². The molecule has 0 radical (unpaired) electrons. The number of amides is 3. The van der Waals surface area contributed by atoms with Crippen molar-refractivity contribution in [2.45, 2.75) is 90.3 Å². The Balaban J connectivity index is 1.45. The van der Waals surface area contributed by atoms with Crippen LogP contribution in [-0.2, 0) is 14.4 Å². The molecule has 212 valence electrons. The summed E-state index contributed by atoms with van der Waals surface area (Å²) in [5.41, 5.74) is 1.49. The van der Waals surface area contributed by atoms with Crippen molar-refractivity contribution >= 4 is 34.3 Å². The van der Waals surface area contributed by atoms with E-state index in [4.69, 9.17) is 0 Å². The average Bonchev–Trinajstić information content (AvgIpc) is 3.62. The van der Waals surface area contributed by atoms with Gasteiger partial charge in [0.25, 0.3) is 0 Å². The van der Waals surface area contributed by atoms with Crippen LogP contribution in [-0.4, -0.2) is 63.4 Å². The molecule has 9 nitrogen and oxygen atoms in total. The highest BCUT2D eigenvalue weighted by molar-refractivity contribution is 7.10. The smallest absolute Gasteiger partial charge is 0.247 e. The second-order valence-electron chi connectivity index (χ2n) is 11.2. The molecule has 3 N–H and O–H groups in total. The zero-order valence-electron chi connectivity index (χ0n) is 23.3. The molecule has 1 aliphatic heterocycles. The van der Waals surface area contributed by atoms with Crippen LogP contribution in [0.3, 0.4) is 0 Å². The first kappa shape index (κ1) is 29.1. The highest BCUT2D eigenvalue weighted by atomic mass is 32.1. The van der Waals surface area contributed by atoms with E-state index in [0.29, 0.717) is 29.6 Å². The van der Waals surface area contributed by atoms with Crippen LogP contribution in [0.2, 0.25) is 0 Å². The molecule has 1 saturated carbocycles. The number of aromatic nitrogens is 2. The van der Waals surface area contributed by atoms with Crippen LogP contribution in [0.5, 0.6) is 0 Å². The molecule has 2 fully saturated rings. The Kier molecular flexibility index (Phi) is 10.4. The van der Waals surface area contributed by atoms with Crippen molar-refractivity contribution < 1.29 is 14.4 Å². The molecule has 1 aromatic heterocycles. The van der Waals surface area contributed by atoms with Gasteiger partial charge < -0.3 is 20.9 Å². The van der Waals surface area contributed by atoms with Crippen LogP contribution in [0, 0.1) is 11.8 Å². The van der Waals surface area contributed by atoms with Crippen LogP contribution in [0.15, 0.2) is 30.3 Å². The van der Waals surface area contributed by atoms with Gasteiger partial charge in [0.15, 0.2) is 0 Å². The molecule has 1 saturated heterocycles. The van der Waals surface area contributed by atoms with Gasteiger partial charge in [0.2, 0.25) is 17.7 Å². The lowest BCUT2D eigenvalue weighted by molar-refractivity contribution is -0.142. The molecular weight excluding hydrogens is 512 g/mol. The van der Waals surface area contributed by atoms with Gasteiger partial charge in [-0.3, -0.25) is 14.4 Å². The molecular formula is C29H42N6O3S. The lowest BCUT2D eigenvalue weighted by Gasteiger charge is -2.35. The predicted molar refractivity (Wildman–Crippen MR) is 154 cm³/mol. The minimum absolute atomic E-state index is 0.0813. The molecule has 0 bridgehead atoms. The number of rotatable bonds is 11. The molecule has 1 aliphatic carbocycles. The average molecular weight is 555 g/mol. The van der Waals surface area contributed by atoms with Gasteiger partial charge in [0, 0.05) is 23.6 Å². The summed E-state index contributed by atoms with van der Waals surface area (Å²) in [6.45, 7) is 7.41. The van der Waals surface area contributed by atoms with Crippen molar-refractivity contribution in [2.24, 2.45) is 11.8 Å². The van der Waals surface area contributed by atoms with Crippen LogP contribution in [0.4, 0.5) is 5.00 Å². The van der Waals surface area contributed by atoms with Gasteiger partial charge in [0.1, 0.15) is 22.8 Å². The molecule has 2 heterocycles. The van der Waals surface area contributed by atoms with Crippen molar-refractivity contribution in [3.05, 3.63) is 30.3 Å². The highest BCUT2D eigenvalue weighted by Gasteiger charge is 2.41. The fourth-order valence-corrected chi connectivity index (χ4v) is 6.14. The van der Waals surface area contributed by atoms with E-state index in [1.807, 2.05) is 37.3 Å². The van der Waals surface area contributed by atoms with E-state index in [1.165, 1.54) is 0 Å². The first-order chi connectivity index (χ1) is 18.8. The quantitative estimate of drug-likeness (QED) is 0.383. The van der Waals surface area contributed by atoms with Gasteiger partial charge in [-0.1, -0.05) is 67.9 Å². The van der Waals surface area contributed by atoms with Crippen molar-refractivity contribution in [1.82, 2.24) is 25.1 Å². The Bertz CT molecular complexity index is 1100. The number of carbonyl (C=O) groups excluding carboxylic acids is 3. The largest absolute Gasteiger partial charge is 0.343 e. The van der Waals surface area contributed by atoms with Crippen molar-refractivity contribution in [1.29, 1.82) is 0 Å². The third-order valence-electron chi connectivity index (χ3n) is 7.86. The van der Waals surface area contributed by atoms with Gasteiger partial charge in [-0.25, -0.2) is 0 Å². The summed E-state index contributed by atoms with van der Waals surface area (Å²) in [6, 6.07) is 8.00. The zero-order chi connectivity index (χ0) is 27.8. The Morgan fingerprint density at radius 3 is 2.49 bits per heavy atom. The molecule has 4 rings (SSSR count). The number of hydrogen-bond donors (Lipinski definition) is 3. The van der Waals surface area contributed by atoms with Crippen LogP contribution < -0.4 is 16.0 Å². The van der Waals surface area contributed by atoms with Gasteiger partial charge in [0.05, 0.1) is 6.04 Å². The van der Waals surface area contributed by atoms with Crippen LogP contribution >= 0.6 is 11.5 Å². The van der Waals surface area contributed by atoms with E-state index in [1.54, 1.807) is 4.90 Å². The number of carbonyl (C=O) groups is 3. The van der Waals surface area contributed by atoms with Gasteiger partial charge >= 0.3 is 0 Å². The maximum absolute atomic E-state index is 14.0. The van der Waals surface area contributed by atoms with E-state index < -0.39 is 18.1 Å². The second kappa shape index (κ2) is 14.0. The van der Waals surface area contributed by atoms with E-state index in [9.17, 15) is 14.4 Å². The summed E-state index contributed by atoms with van der Waals surface area (Å²) in [7, 11) is 0. The standard InChI is InChI=1S/C29H42N6O3S/c1-19(2)16-17-30-20(3)26(36)31-25(22-13-8-5-9-14-22)29(38)35-18-10-15-23(35)27(37)32-28-24(33-34-39-28)21-11-6-4-7-12-21/h4,6-7,11-12,19-20,22-23,25,30H,5,8-10,13-18H2,1-3H3,(H,31,36)(H,32,37)/t20-,23?,25-/m0/s1. The summed E-state index contributed by atoms with van der Waals surface area (Å²) in [4.78, 5) is 42.3. The van der Waals surface area contributed by atoms with Crippen LogP contribution in [0.1, 0.15) is 72.1 Å². The Morgan fingerprint density at radius 1 is 1.03 bits per heavy atom. The van der Waals surface area contributed by atoms with Crippen molar-refractivity contribution in [2.75, 3.05) is 18.4 Å². The monoisotopic (exact) mass is 554 g/mol. The fourth-order valence-electron chi connectivity index (χ4n) is 5.54. The Morgan fingerprint density at radius 2 is 1.77 bits per heavy atom. The van der Waals surface area contributed by atoms with Crippen LogP contribution in [0.25, 0.3) is 11.3 Å². The molecule has 2 aromatic rings. The number of anilines is 1. The number of nitrogens with zero attached hydrogens (tertiary/aromatic N) is 3. The first-order valence-electron chi connectivity index (χ1n) is 14.4. The fraction of sp³-hybridized carbons (Fsp3) is 0.621. The third-order valence-corrected chi connectivity index (χ3v) is 8.50. The Hall–Kier alpha value is -2.85. The second-order valence-corrected chi connectivity index (χ2v) is 12.0. The maximum atomic E-state index is 14.0. The summed E-state index contributed by atoms with van der Waals surface area (Å²) in [5, 5.41) is 14.2. The summed E-state index contributed by atoms with van der Waals surface area (Å²) in [6.07, 6.45) is 7.38. The summed E-state index contributed by atoms with van der Waals surface area (Å²) >= 11 is 1.13. The minimum atomic E-state index is -0.620. The van der Waals surface area contributed by atoms with E-state index in [0.717, 1.165) is 68.6 Å². The lowest BCUT2D eigenvalue weighted by atomic mass is 9.83. The minimum Gasteiger partial charge on any atom is -0.343 e. The molecule has 1 unspecified atom stereocenters. The lowest BCUT2D eigenvalue weighted by Crippen LogP contribution is -2.57. The van der Waals surface area contributed by atoms with E-state index >= 15 is 0 Å². The molecule has 10 heteroatoms. The SMILES string of the molecule is CC(C)CCN[C@@H](C)C(=O)N[C@H](C(=O)N1CCCC1C(=O)Nc1snnc1-c1ccccc1)C1CCCCC1. The maximum Gasteiger partial charge on any atom is 0.247 e. The number of benzene rings is 1. The van der Waals surface area contributed by atoms with Gasteiger partial charge in [-0.15, -0.1) is 5.10 Å². The third kappa shape index (κ3) is 7.63. The summed E-state index contributed by atoms with van der Waals surface area (Å²) < 4.78 is 4.04. The molecule has 1 aromatic carbocycles. The number of nitrogens with one attached hydrogen (secondary N) is 3. The molecule has 2 aliphatic rings. The van der Waals surface area contributed by atoms with Crippen molar-refractivity contribution in [3.63, 3.8) is 0 Å². The molecule has 3 atom stereocenters. The predicted octanol–water partition coefficient (Wildman–Crippen LogP) is 4.22. The highest BCUT2D eigenvalue weighted by Crippen LogP contribution is 2.32. The van der Waals surface area contributed by atoms with E-state index in [2.05, 4.69) is 39.4 Å². The topological polar surface area (TPSA) is 116 Å². The molecule has 3 amide bonds. The number of likely N-dealkylation sites (tertiary alicyclic amines) is 1. The van der Waals surface area contributed by atoms with Gasteiger partial charge in [-0.05, 0) is 57.4 Å².